The molecule has 0 amide bonds. The number of carboxylic acids is 1. The van der Waals surface area contributed by atoms with Crippen LogP contribution in [-0.2, 0) is 11.3 Å². The van der Waals surface area contributed by atoms with E-state index in [1.54, 1.807) is 30.3 Å². The minimum Gasteiger partial charge on any atom is -0.505 e. The Morgan fingerprint density at radius 2 is 1.82 bits per heavy atom. The molecule has 1 aliphatic rings. The van der Waals surface area contributed by atoms with Crippen molar-refractivity contribution in [3.63, 3.8) is 0 Å². The number of carbonyl (C=O) groups excluding carboxylic acids is 1. The Balaban J connectivity index is 1.74. The average molecular weight is 454 g/mol. The van der Waals surface area contributed by atoms with Crippen molar-refractivity contribution in [3.05, 3.63) is 75.2 Å². The van der Waals surface area contributed by atoms with Crippen LogP contribution in [0.3, 0.4) is 0 Å². The predicted octanol–water partition coefficient (Wildman–Crippen LogP) is 3.86. The third kappa shape index (κ3) is 3.22. The standard InChI is InChI=1S/C23H16F2N2O6/c24-15-13-17(26-18(21(13)29)23(32)33-9-10-4-2-1-3-5-10)14-19(16(15)25)27(11-6-7-11)8-12(20(14)28)22(30)31/h1-5,8,11,26,29H,6-7,9H2,(H,30,31). The summed E-state index contributed by atoms with van der Waals surface area (Å²) in [6, 6.07) is 8.36. The summed E-state index contributed by atoms with van der Waals surface area (Å²) in [5.74, 6) is -6.41. The fraction of sp³-hybridized carbons (Fsp3) is 0.174. The number of H-pyrrole nitrogens is 1. The van der Waals surface area contributed by atoms with Gasteiger partial charge in [0.25, 0.3) is 0 Å². The molecule has 3 N–H and O–H groups in total. The van der Waals surface area contributed by atoms with E-state index >= 15 is 8.78 Å². The van der Waals surface area contributed by atoms with E-state index in [1.807, 2.05) is 0 Å². The number of aromatic amines is 1. The van der Waals surface area contributed by atoms with Crippen molar-refractivity contribution in [1.82, 2.24) is 9.55 Å². The highest BCUT2D eigenvalue weighted by molar-refractivity contribution is 6.12. The van der Waals surface area contributed by atoms with E-state index in [2.05, 4.69) is 4.98 Å². The maximum absolute atomic E-state index is 15.1. The second-order valence-electron chi connectivity index (χ2n) is 7.83. The lowest BCUT2D eigenvalue weighted by Crippen LogP contribution is -2.20. The second-order valence-corrected chi connectivity index (χ2v) is 7.83. The van der Waals surface area contributed by atoms with E-state index in [0.717, 1.165) is 6.20 Å². The third-order valence-corrected chi connectivity index (χ3v) is 5.67. The van der Waals surface area contributed by atoms with Crippen LogP contribution in [0, 0.1) is 11.6 Å². The van der Waals surface area contributed by atoms with Crippen molar-refractivity contribution in [3.8, 4) is 5.75 Å². The number of rotatable bonds is 5. The second kappa shape index (κ2) is 7.44. The molecule has 4 aromatic rings. The topological polar surface area (TPSA) is 122 Å². The quantitative estimate of drug-likeness (QED) is 0.394. The molecule has 0 unspecified atom stereocenters. The van der Waals surface area contributed by atoms with Crippen molar-refractivity contribution < 1.29 is 33.3 Å². The number of aromatic hydroxyl groups is 1. The first kappa shape index (κ1) is 20.7. The van der Waals surface area contributed by atoms with Crippen LogP contribution in [0.15, 0.2) is 41.3 Å². The molecule has 0 aliphatic heterocycles. The van der Waals surface area contributed by atoms with Crippen LogP contribution in [0.5, 0.6) is 5.75 Å². The highest BCUT2D eigenvalue weighted by Gasteiger charge is 2.33. The maximum Gasteiger partial charge on any atom is 0.359 e. The Bertz CT molecular complexity index is 1520. The first-order valence-electron chi connectivity index (χ1n) is 10.0. The Morgan fingerprint density at radius 3 is 2.45 bits per heavy atom. The van der Waals surface area contributed by atoms with E-state index in [-0.39, 0.29) is 18.2 Å². The van der Waals surface area contributed by atoms with Gasteiger partial charge >= 0.3 is 11.9 Å². The van der Waals surface area contributed by atoms with Gasteiger partial charge in [-0.25, -0.2) is 18.4 Å². The summed E-state index contributed by atoms with van der Waals surface area (Å²) in [6.45, 7) is -0.149. The summed E-state index contributed by atoms with van der Waals surface area (Å²) < 4.78 is 36.5. The van der Waals surface area contributed by atoms with E-state index in [0.29, 0.717) is 18.4 Å². The van der Waals surface area contributed by atoms with Crippen molar-refractivity contribution in [1.29, 1.82) is 0 Å². The summed E-state index contributed by atoms with van der Waals surface area (Å²) in [4.78, 5) is 39.6. The summed E-state index contributed by atoms with van der Waals surface area (Å²) in [6.07, 6.45) is 2.20. The van der Waals surface area contributed by atoms with Gasteiger partial charge in [0.1, 0.15) is 12.2 Å². The largest absolute Gasteiger partial charge is 0.505 e. The van der Waals surface area contributed by atoms with Gasteiger partial charge in [0.05, 0.1) is 21.8 Å². The number of carboxylic acid groups (broad SMARTS) is 1. The van der Waals surface area contributed by atoms with E-state index in [1.165, 1.54) is 4.57 Å². The van der Waals surface area contributed by atoms with Crippen LogP contribution < -0.4 is 5.43 Å². The average Bonchev–Trinajstić information content (AvgIpc) is 3.58. The van der Waals surface area contributed by atoms with Gasteiger partial charge in [0.2, 0.25) is 5.43 Å². The van der Waals surface area contributed by atoms with Crippen molar-refractivity contribution in [2.24, 2.45) is 0 Å². The van der Waals surface area contributed by atoms with Crippen LogP contribution in [0.4, 0.5) is 8.78 Å². The molecule has 0 atom stereocenters. The van der Waals surface area contributed by atoms with Crippen LogP contribution in [-0.4, -0.2) is 31.7 Å². The molecular formula is C23H16F2N2O6. The van der Waals surface area contributed by atoms with Gasteiger partial charge in [-0.3, -0.25) is 4.79 Å². The molecule has 0 radical (unpaired) electrons. The van der Waals surface area contributed by atoms with Crippen LogP contribution >= 0.6 is 0 Å². The minimum atomic E-state index is -1.53. The van der Waals surface area contributed by atoms with Gasteiger partial charge in [-0.05, 0) is 18.4 Å². The normalized spacial score (nSPS) is 13.5. The number of aromatic nitrogens is 2. The molecule has 2 aromatic carbocycles. The minimum absolute atomic E-state index is 0.149. The number of nitrogens with one attached hydrogen (secondary N) is 1. The van der Waals surface area contributed by atoms with Gasteiger partial charge in [0.15, 0.2) is 23.1 Å². The smallest absolute Gasteiger partial charge is 0.359 e. The van der Waals surface area contributed by atoms with E-state index in [9.17, 15) is 24.6 Å². The fourth-order valence-corrected chi connectivity index (χ4v) is 3.93. The number of ether oxygens (including phenoxy) is 1. The number of halogens is 2. The van der Waals surface area contributed by atoms with E-state index < -0.39 is 62.3 Å². The van der Waals surface area contributed by atoms with Gasteiger partial charge in [0, 0.05) is 12.2 Å². The lowest BCUT2D eigenvalue weighted by Gasteiger charge is -2.13. The Morgan fingerprint density at radius 1 is 1.12 bits per heavy atom. The van der Waals surface area contributed by atoms with Gasteiger partial charge in [-0.15, -0.1) is 0 Å². The molecule has 0 spiro atoms. The van der Waals surface area contributed by atoms with Gasteiger partial charge < -0.3 is 24.5 Å². The monoisotopic (exact) mass is 454 g/mol. The van der Waals surface area contributed by atoms with Crippen molar-refractivity contribution in [2.45, 2.75) is 25.5 Å². The van der Waals surface area contributed by atoms with Crippen LogP contribution in [0.1, 0.15) is 45.3 Å². The molecule has 168 valence electrons. The highest BCUT2D eigenvalue weighted by atomic mass is 19.2. The SMILES string of the molecule is O=C(OCc1ccccc1)c1[nH]c2c(c1O)c(F)c(F)c1c2c(=O)c(C(=O)O)cn1C1CC1. The lowest BCUT2D eigenvalue weighted by molar-refractivity contribution is 0.0463. The summed E-state index contributed by atoms with van der Waals surface area (Å²) >= 11 is 0. The summed E-state index contributed by atoms with van der Waals surface area (Å²) in [5, 5.41) is 18.8. The number of benzene rings is 2. The number of nitrogens with zero attached hydrogens (tertiary/aromatic N) is 1. The lowest BCUT2D eigenvalue weighted by atomic mass is 10.1. The molecule has 1 aliphatic carbocycles. The third-order valence-electron chi connectivity index (χ3n) is 5.67. The molecular weight excluding hydrogens is 438 g/mol. The summed E-state index contributed by atoms with van der Waals surface area (Å²) in [5.41, 5.74) is -2.43. The Kier molecular flexibility index (Phi) is 4.66. The zero-order chi connectivity index (χ0) is 23.4. The molecule has 1 saturated carbocycles. The number of hydrogen-bond acceptors (Lipinski definition) is 5. The van der Waals surface area contributed by atoms with Crippen LogP contribution in [0.25, 0.3) is 21.8 Å². The zero-order valence-electron chi connectivity index (χ0n) is 16.9. The number of pyridine rings is 1. The number of fused-ring (bicyclic) bond motifs is 3. The van der Waals surface area contributed by atoms with Crippen molar-refractivity contribution >= 4 is 33.7 Å². The first-order chi connectivity index (χ1) is 15.8. The molecule has 0 bridgehead atoms. The molecule has 2 aromatic heterocycles. The highest BCUT2D eigenvalue weighted by Crippen LogP contribution is 2.42. The molecule has 33 heavy (non-hydrogen) atoms. The number of esters is 1. The van der Waals surface area contributed by atoms with E-state index in [4.69, 9.17) is 4.74 Å². The Labute approximate surface area is 183 Å². The van der Waals surface area contributed by atoms with Gasteiger partial charge in [-0.1, -0.05) is 30.3 Å². The first-order valence-corrected chi connectivity index (χ1v) is 10.0. The number of carbonyl (C=O) groups is 2. The maximum atomic E-state index is 15.1. The number of aromatic carboxylic acids is 1. The summed E-state index contributed by atoms with van der Waals surface area (Å²) in [7, 11) is 0. The Hall–Kier alpha value is -4.21. The van der Waals surface area contributed by atoms with Gasteiger partial charge in [-0.2, -0.15) is 0 Å². The predicted molar refractivity (Wildman–Crippen MR) is 112 cm³/mol. The molecule has 2 heterocycles. The fourth-order valence-electron chi connectivity index (χ4n) is 3.93. The molecule has 10 heteroatoms. The van der Waals surface area contributed by atoms with Crippen molar-refractivity contribution in [2.75, 3.05) is 0 Å². The molecule has 1 fully saturated rings. The molecule has 8 nitrogen and oxygen atoms in total. The molecule has 0 saturated heterocycles. The number of hydrogen-bond donors (Lipinski definition) is 3. The zero-order valence-corrected chi connectivity index (χ0v) is 16.9. The van der Waals surface area contributed by atoms with Crippen LogP contribution in [0.2, 0.25) is 0 Å². The molecule has 5 rings (SSSR count).